The predicted molar refractivity (Wildman–Crippen MR) is 91.0 cm³/mol. The van der Waals surface area contributed by atoms with E-state index in [0.29, 0.717) is 0 Å². The molecule has 3 aromatic rings. The molecule has 0 bridgehead atoms. The standard InChI is InChI=1S/C19H19NS/c1-2-4-15(5-3-1)14-20-11-8-16-6-7-19-18(10-13-21-19)17(16)9-12-20/h1-7,10,13H,8-9,11-12,14H2. The molecule has 4 rings (SSSR count). The summed E-state index contributed by atoms with van der Waals surface area (Å²) in [5.74, 6) is 0. The molecule has 0 saturated heterocycles. The summed E-state index contributed by atoms with van der Waals surface area (Å²) in [5.41, 5.74) is 4.56. The highest BCUT2D eigenvalue weighted by atomic mass is 32.1. The highest BCUT2D eigenvalue weighted by molar-refractivity contribution is 7.17. The molecule has 2 heteroatoms. The third-order valence-corrected chi connectivity index (χ3v) is 5.35. The first-order valence-corrected chi connectivity index (χ1v) is 8.52. The summed E-state index contributed by atoms with van der Waals surface area (Å²) in [6.07, 6.45) is 2.35. The third kappa shape index (κ3) is 2.61. The Kier molecular flexibility index (Phi) is 3.50. The van der Waals surface area contributed by atoms with Gasteiger partial charge in [-0.3, -0.25) is 4.90 Å². The van der Waals surface area contributed by atoms with Crippen molar-refractivity contribution in [2.75, 3.05) is 13.1 Å². The van der Waals surface area contributed by atoms with Gasteiger partial charge in [0.25, 0.3) is 0 Å². The second-order valence-corrected chi connectivity index (χ2v) is 6.75. The van der Waals surface area contributed by atoms with Gasteiger partial charge in [-0.1, -0.05) is 36.4 Å². The van der Waals surface area contributed by atoms with Crippen molar-refractivity contribution in [1.82, 2.24) is 4.90 Å². The van der Waals surface area contributed by atoms with Crippen LogP contribution in [0.15, 0.2) is 53.9 Å². The van der Waals surface area contributed by atoms with Crippen molar-refractivity contribution in [3.63, 3.8) is 0 Å². The summed E-state index contributed by atoms with van der Waals surface area (Å²) < 4.78 is 1.44. The molecule has 1 aliphatic rings. The molecule has 106 valence electrons. The minimum Gasteiger partial charge on any atom is -0.298 e. The predicted octanol–water partition coefficient (Wildman–Crippen LogP) is 4.50. The molecule has 0 fully saturated rings. The Morgan fingerprint density at radius 3 is 2.67 bits per heavy atom. The van der Waals surface area contributed by atoms with Crippen LogP contribution >= 0.6 is 11.3 Å². The topological polar surface area (TPSA) is 3.24 Å². The summed E-state index contributed by atoms with van der Waals surface area (Å²) in [4.78, 5) is 2.59. The lowest BCUT2D eigenvalue weighted by Gasteiger charge is -2.19. The maximum atomic E-state index is 2.59. The minimum atomic E-state index is 1.07. The molecule has 0 unspecified atom stereocenters. The largest absolute Gasteiger partial charge is 0.298 e. The number of hydrogen-bond acceptors (Lipinski definition) is 2. The average Bonchev–Trinajstić information content (AvgIpc) is 2.91. The molecule has 1 aromatic heterocycles. The van der Waals surface area contributed by atoms with Crippen molar-refractivity contribution in [2.24, 2.45) is 0 Å². The van der Waals surface area contributed by atoms with E-state index in [-0.39, 0.29) is 0 Å². The average molecular weight is 293 g/mol. The van der Waals surface area contributed by atoms with Crippen LogP contribution in [-0.2, 0) is 19.4 Å². The van der Waals surface area contributed by atoms with Crippen molar-refractivity contribution < 1.29 is 0 Å². The summed E-state index contributed by atoms with van der Waals surface area (Å²) in [5, 5.41) is 3.71. The third-order valence-electron chi connectivity index (χ3n) is 4.47. The van der Waals surface area contributed by atoms with Crippen LogP contribution in [0.5, 0.6) is 0 Å². The summed E-state index contributed by atoms with van der Waals surface area (Å²) in [6.45, 7) is 3.40. The first kappa shape index (κ1) is 13.1. The fourth-order valence-electron chi connectivity index (χ4n) is 3.34. The zero-order valence-electron chi connectivity index (χ0n) is 12.1. The second-order valence-electron chi connectivity index (χ2n) is 5.80. The molecule has 0 aliphatic carbocycles. The fourth-order valence-corrected chi connectivity index (χ4v) is 4.15. The lowest BCUT2D eigenvalue weighted by Crippen LogP contribution is -2.25. The lowest BCUT2D eigenvalue weighted by molar-refractivity contribution is 0.279. The maximum absolute atomic E-state index is 2.59. The Balaban J connectivity index is 1.57. The number of benzene rings is 2. The molecule has 1 nitrogen and oxygen atoms in total. The number of rotatable bonds is 2. The van der Waals surface area contributed by atoms with E-state index in [1.54, 1.807) is 11.1 Å². The Labute approximate surface area is 129 Å². The first-order valence-electron chi connectivity index (χ1n) is 7.64. The van der Waals surface area contributed by atoms with E-state index in [4.69, 9.17) is 0 Å². The van der Waals surface area contributed by atoms with Crippen molar-refractivity contribution >= 4 is 21.4 Å². The van der Waals surface area contributed by atoms with Gasteiger partial charge in [0, 0.05) is 24.3 Å². The normalized spacial score (nSPS) is 15.8. The number of thiophene rings is 1. The van der Waals surface area contributed by atoms with Crippen molar-refractivity contribution in [3.8, 4) is 0 Å². The molecule has 2 aromatic carbocycles. The van der Waals surface area contributed by atoms with E-state index in [1.165, 1.54) is 28.5 Å². The molecular weight excluding hydrogens is 274 g/mol. The van der Waals surface area contributed by atoms with Gasteiger partial charge in [-0.2, -0.15) is 0 Å². The number of fused-ring (bicyclic) bond motifs is 3. The number of hydrogen-bond donors (Lipinski definition) is 0. The Morgan fingerprint density at radius 2 is 1.76 bits per heavy atom. The van der Waals surface area contributed by atoms with Crippen molar-refractivity contribution in [1.29, 1.82) is 0 Å². The molecule has 0 saturated carbocycles. The van der Waals surface area contributed by atoms with Gasteiger partial charge in [0.2, 0.25) is 0 Å². The smallest absolute Gasteiger partial charge is 0.0345 e. The molecule has 0 spiro atoms. The molecule has 2 heterocycles. The number of nitrogens with zero attached hydrogens (tertiary/aromatic N) is 1. The summed E-state index contributed by atoms with van der Waals surface area (Å²) in [7, 11) is 0. The monoisotopic (exact) mass is 293 g/mol. The Bertz CT molecular complexity index is 745. The van der Waals surface area contributed by atoms with Crippen LogP contribution < -0.4 is 0 Å². The second kappa shape index (κ2) is 5.63. The van der Waals surface area contributed by atoms with E-state index in [0.717, 1.165) is 19.6 Å². The highest BCUT2D eigenvalue weighted by Crippen LogP contribution is 2.29. The van der Waals surface area contributed by atoms with Crippen molar-refractivity contribution in [2.45, 2.75) is 19.4 Å². The Morgan fingerprint density at radius 1 is 0.905 bits per heavy atom. The molecule has 0 N–H and O–H groups in total. The van der Waals surface area contributed by atoms with Gasteiger partial charge in [-0.15, -0.1) is 11.3 Å². The van der Waals surface area contributed by atoms with E-state index < -0.39 is 0 Å². The zero-order valence-corrected chi connectivity index (χ0v) is 12.9. The van der Waals surface area contributed by atoms with Crippen LogP contribution in [0.1, 0.15) is 16.7 Å². The van der Waals surface area contributed by atoms with E-state index in [1.807, 2.05) is 11.3 Å². The minimum absolute atomic E-state index is 1.07. The fraction of sp³-hybridized carbons (Fsp3) is 0.263. The van der Waals surface area contributed by atoms with Crippen molar-refractivity contribution in [3.05, 3.63) is 70.6 Å². The molecule has 0 amide bonds. The van der Waals surface area contributed by atoms with E-state index >= 15 is 0 Å². The van der Waals surface area contributed by atoms with Gasteiger partial charge in [-0.05, 0) is 52.4 Å². The quantitative estimate of drug-likeness (QED) is 0.672. The van der Waals surface area contributed by atoms with Crippen LogP contribution in [0.25, 0.3) is 10.1 Å². The van der Waals surface area contributed by atoms with Gasteiger partial charge in [0.1, 0.15) is 0 Å². The molecular formula is C19H19NS. The van der Waals surface area contributed by atoms with Gasteiger partial charge in [0.05, 0.1) is 0 Å². The summed E-state index contributed by atoms with van der Waals surface area (Å²) >= 11 is 1.86. The van der Waals surface area contributed by atoms with Crippen LogP contribution in [0.3, 0.4) is 0 Å². The van der Waals surface area contributed by atoms with Gasteiger partial charge >= 0.3 is 0 Å². The molecule has 1 aliphatic heterocycles. The maximum Gasteiger partial charge on any atom is 0.0345 e. The van der Waals surface area contributed by atoms with Crippen LogP contribution in [0.2, 0.25) is 0 Å². The Hall–Kier alpha value is -1.64. The molecule has 0 atom stereocenters. The lowest BCUT2D eigenvalue weighted by atomic mass is 10.00. The SMILES string of the molecule is c1ccc(CN2CCc3ccc4sccc4c3CC2)cc1. The van der Waals surface area contributed by atoms with Gasteiger partial charge in [-0.25, -0.2) is 0 Å². The van der Waals surface area contributed by atoms with Gasteiger partial charge < -0.3 is 0 Å². The van der Waals surface area contributed by atoms with E-state index in [2.05, 4.69) is 58.8 Å². The summed E-state index contributed by atoms with van der Waals surface area (Å²) in [6, 6.07) is 17.8. The molecule has 21 heavy (non-hydrogen) atoms. The van der Waals surface area contributed by atoms with Gasteiger partial charge in [0.15, 0.2) is 0 Å². The highest BCUT2D eigenvalue weighted by Gasteiger charge is 2.16. The zero-order chi connectivity index (χ0) is 14.1. The molecule has 0 radical (unpaired) electrons. The van der Waals surface area contributed by atoms with Crippen LogP contribution in [0, 0.1) is 0 Å². The van der Waals surface area contributed by atoms with Crippen LogP contribution in [-0.4, -0.2) is 18.0 Å². The first-order chi connectivity index (χ1) is 10.4. The van der Waals surface area contributed by atoms with Crippen LogP contribution in [0.4, 0.5) is 0 Å². The van der Waals surface area contributed by atoms with E-state index in [9.17, 15) is 0 Å².